The Morgan fingerprint density at radius 3 is 2.89 bits per heavy atom. The summed E-state index contributed by atoms with van der Waals surface area (Å²) in [5.41, 5.74) is 6.85. The summed E-state index contributed by atoms with van der Waals surface area (Å²) in [4.78, 5) is 11.8. The molecule has 0 spiro atoms. The summed E-state index contributed by atoms with van der Waals surface area (Å²) in [7, 11) is 0. The minimum atomic E-state index is -0.480. The molecule has 0 aliphatic heterocycles. The molecule has 0 radical (unpaired) electrons. The van der Waals surface area contributed by atoms with E-state index >= 15 is 0 Å². The zero-order valence-electron chi connectivity index (χ0n) is 11.5. The Kier molecular flexibility index (Phi) is 3.23. The zero-order chi connectivity index (χ0) is 13.5. The number of hydrogen-bond donors (Lipinski definition) is 2. The van der Waals surface area contributed by atoms with E-state index in [0.29, 0.717) is 0 Å². The normalized spacial score (nSPS) is 23.3. The SMILES string of the molecule is Cc1cc2c(o1)CC(C)(C)CC2NC(=O)C(C)N. The van der Waals surface area contributed by atoms with Gasteiger partial charge in [0.1, 0.15) is 11.5 Å². The fourth-order valence-electron chi connectivity index (χ4n) is 2.62. The van der Waals surface area contributed by atoms with Crippen molar-refractivity contribution in [1.29, 1.82) is 0 Å². The molecule has 1 aromatic heterocycles. The van der Waals surface area contributed by atoms with Crippen LogP contribution >= 0.6 is 0 Å². The topological polar surface area (TPSA) is 68.3 Å². The number of carbonyl (C=O) groups is 1. The first-order chi connectivity index (χ1) is 8.28. The second-order valence-electron chi connectivity index (χ2n) is 6.13. The average Bonchev–Trinajstić information content (AvgIpc) is 2.56. The largest absolute Gasteiger partial charge is 0.466 e. The van der Waals surface area contributed by atoms with Crippen LogP contribution in [-0.4, -0.2) is 11.9 Å². The highest BCUT2D eigenvalue weighted by Crippen LogP contribution is 2.41. The molecule has 4 heteroatoms. The van der Waals surface area contributed by atoms with Gasteiger partial charge in [0, 0.05) is 12.0 Å². The molecule has 2 rings (SSSR count). The van der Waals surface area contributed by atoms with E-state index in [4.69, 9.17) is 10.2 Å². The minimum Gasteiger partial charge on any atom is -0.466 e. The molecule has 1 heterocycles. The van der Waals surface area contributed by atoms with Gasteiger partial charge in [0.2, 0.25) is 5.91 Å². The molecule has 18 heavy (non-hydrogen) atoms. The van der Waals surface area contributed by atoms with Crippen molar-refractivity contribution < 1.29 is 9.21 Å². The van der Waals surface area contributed by atoms with Crippen LogP contribution in [0.25, 0.3) is 0 Å². The maximum atomic E-state index is 11.8. The van der Waals surface area contributed by atoms with Crippen LogP contribution in [0.5, 0.6) is 0 Å². The molecular weight excluding hydrogens is 228 g/mol. The van der Waals surface area contributed by atoms with Gasteiger partial charge in [-0.2, -0.15) is 0 Å². The van der Waals surface area contributed by atoms with Gasteiger partial charge in [-0.1, -0.05) is 13.8 Å². The second kappa shape index (κ2) is 4.43. The molecule has 4 nitrogen and oxygen atoms in total. The lowest BCUT2D eigenvalue weighted by Crippen LogP contribution is -2.43. The molecule has 2 unspecified atom stereocenters. The van der Waals surface area contributed by atoms with Crippen molar-refractivity contribution in [3.8, 4) is 0 Å². The minimum absolute atomic E-state index is 0.0136. The summed E-state index contributed by atoms with van der Waals surface area (Å²) >= 11 is 0. The Balaban J connectivity index is 2.27. The number of hydrogen-bond acceptors (Lipinski definition) is 3. The fraction of sp³-hybridized carbons (Fsp3) is 0.643. The van der Waals surface area contributed by atoms with E-state index in [-0.39, 0.29) is 17.4 Å². The van der Waals surface area contributed by atoms with Gasteiger partial charge in [-0.15, -0.1) is 0 Å². The maximum Gasteiger partial charge on any atom is 0.237 e. The summed E-state index contributed by atoms with van der Waals surface area (Å²) in [5, 5.41) is 3.02. The number of furan rings is 1. The first-order valence-corrected chi connectivity index (χ1v) is 6.44. The van der Waals surface area contributed by atoms with E-state index in [1.807, 2.05) is 13.0 Å². The van der Waals surface area contributed by atoms with Crippen molar-refractivity contribution in [2.45, 2.75) is 52.6 Å². The van der Waals surface area contributed by atoms with Gasteiger partial charge < -0.3 is 15.5 Å². The molecule has 100 valence electrons. The van der Waals surface area contributed by atoms with E-state index < -0.39 is 6.04 Å². The molecule has 1 aliphatic carbocycles. The van der Waals surface area contributed by atoms with E-state index in [9.17, 15) is 4.79 Å². The van der Waals surface area contributed by atoms with E-state index in [0.717, 1.165) is 29.9 Å². The van der Waals surface area contributed by atoms with Crippen molar-refractivity contribution in [3.63, 3.8) is 0 Å². The molecule has 1 amide bonds. The number of fused-ring (bicyclic) bond motifs is 1. The Morgan fingerprint density at radius 1 is 1.61 bits per heavy atom. The Bertz CT molecular complexity index is 460. The molecular formula is C14H22N2O2. The molecule has 2 atom stereocenters. The van der Waals surface area contributed by atoms with Gasteiger partial charge >= 0.3 is 0 Å². The third-order valence-corrected chi connectivity index (χ3v) is 3.47. The first-order valence-electron chi connectivity index (χ1n) is 6.44. The van der Waals surface area contributed by atoms with Crippen LogP contribution in [-0.2, 0) is 11.2 Å². The third kappa shape index (κ3) is 2.58. The Morgan fingerprint density at radius 2 is 2.28 bits per heavy atom. The van der Waals surface area contributed by atoms with Crippen LogP contribution in [0.4, 0.5) is 0 Å². The maximum absolute atomic E-state index is 11.8. The van der Waals surface area contributed by atoms with Crippen LogP contribution in [0.3, 0.4) is 0 Å². The Hall–Kier alpha value is -1.29. The van der Waals surface area contributed by atoms with Gasteiger partial charge in [0.25, 0.3) is 0 Å². The number of amides is 1. The standard InChI is InChI=1S/C14H22N2O2/c1-8-5-10-11(16-13(17)9(2)15)6-14(3,4)7-12(10)18-8/h5,9,11H,6-7,15H2,1-4H3,(H,16,17). The lowest BCUT2D eigenvalue weighted by molar-refractivity contribution is -0.123. The average molecular weight is 250 g/mol. The number of nitrogens with one attached hydrogen (secondary N) is 1. The Labute approximate surface area is 108 Å². The van der Waals surface area contributed by atoms with Crippen LogP contribution < -0.4 is 11.1 Å². The highest BCUT2D eigenvalue weighted by atomic mass is 16.3. The van der Waals surface area contributed by atoms with E-state index in [1.54, 1.807) is 6.92 Å². The van der Waals surface area contributed by atoms with Crippen LogP contribution in [0.15, 0.2) is 10.5 Å². The predicted molar refractivity (Wildman–Crippen MR) is 70.1 cm³/mol. The van der Waals surface area contributed by atoms with Gasteiger partial charge in [-0.25, -0.2) is 0 Å². The van der Waals surface area contributed by atoms with E-state index in [1.165, 1.54) is 0 Å². The lowest BCUT2D eigenvalue weighted by atomic mass is 9.74. The predicted octanol–water partition coefficient (Wildman–Crippen LogP) is 2.06. The molecule has 0 fully saturated rings. The zero-order valence-corrected chi connectivity index (χ0v) is 11.5. The number of rotatable bonds is 2. The van der Waals surface area contributed by atoms with Gasteiger partial charge in [0.15, 0.2) is 0 Å². The molecule has 0 aromatic carbocycles. The molecule has 0 saturated carbocycles. The molecule has 1 aliphatic rings. The van der Waals surface area contributed by atoms with Crippen LogP contribution in [0.1, 0.15) is 50.3 Å². The highest BCUT2D eigenvalue weighted by Gasteiger charge is 2.35. The second-order valence-corrected chi connectivity index (χ2v) is 6.13. The smallest absolute Gasteiger partial charge is 0.237 e. The van der Waals surface area contributed by atoms with Crippen molar-refractivity contribution in [1.82, 2.24) is 5.32 Å². The van der Waals surface area contributed by atoms with Crippen LogP contribution in [0.2, 0.25) is 0 Å². The number of aryl methyl sites for hydroxylation is 1. The summed E-state index contributed by atoms with van der Waals surface area (Å²) in [5.74, 6) is 1.79. The van der Waals surface area contributed by atoms with Gasteiger partial charge in [-0.3, -0.25) is 4.79 Å². The van der Waals surface area contributed by atoms with Crippen molar-refractivity contribution in [2.24, 2.45) is 11.1 Å². The summed E-state index contributed by atoms with van der Waals surface area (Å²) in [6, 6.07) is 1.56. The van der Waals surface area contributed by atoms with Gasteiger partial charge in [-0.05, 0) is 31.7 Å². The molecule has 0 saturated heterocycles. The van der Waals surface area contributed by atoms with Crippen LogP contribution in [0, 0.1) is 12.3 Å². The van der Waals surface area contributed by atoms with E-state index in [2.05, 4.69) is 19.2 Å². The highest BCUT2D eigenvalue weighted by molar-refractivity contribution is 5.81. The number of nitrogens with two attached hydrogens (primary N) is 1. The monoisotopic (exact) mass is 250 g/mol. The lowest BCUT2D eigenvalue weighted by Gasteiger charge is -2.35. The third-order valence-electron chi connectivity index (χ3n) is 3.47. The fourth-order valence-corrected chi connectivity index (χ4v) is 2.62. The first kappa shape index (κ1) is 13.1. The molecule has 3 N–H and O–H groups in total. The quantitative estimate of drug-likeness (QED) is 0.844. The summed E-state index contributed by atoms with van der Waals surface area (Å²) < 4.78 is 5.73. The number of carbonyl (C=O) groups excluding carboxylic acids is 1. The van der Waals surface area contributed by atoms with Crippen molar-refractivity contribution >= 4 is 5.91 Å². The van der Waals surface area contributed by atoms with Gasteiger partial charge in [0.05, 0.1) is 12.1 Å². The summed E-state index contributed by atoms with van der Waals surface area (Å²) in [6.45, 7) is 8.03. The molecule has 1 aromatic rings. The van der Waals surface area contributed by atoms with Crippen molar-refractivity contribution in [3.05, 3.63) is 23.2 Å². The van der Waals surface area contributed by atoms with Crippen molar-refractivity contribution in [2.75, 3.05) is 0 Å². The molecule has 0 bridgehead atoms. The summed E-state index contributed by atoms with van der Waals surface area (Å²) in [6.07, 6.45) is 1.83.